The minimum Gasteiger partial charge on any atom is -0.386 e. The predicted molar refractivity (Wildman–Crippen MR) is 98.7 cm³/mol. The minimum absolute atomic E-state index is 0.00168. The number of carbonyl (C=O) groups excluding carboxylic acids is 1. The number of alkyl halides is 3. The molecular formula is C21H26F3NO3. The predicted octanol–water partition coefficient (Wildman–Crippen LogP) is 3.92. The lowest BCUT2D eigenvalue weighted by atomic mass is 9.81. The summed E-state index contributed by atoms with van der Waals surface area (Å²) in [4.78, 5) is 14.9. The molecule has 0 heterocycles. The minimum atomic E-state index is -4.80. The highest BCUT2D eigenvalue weighted by Gasteiger charge is 2.51. The van der Waals surface area contributed by atoms with E-state index >= 15 is 0 Å². The van der Waals surface area contributed by atoms with Gasteiger partial charge in [-0.15, -0.1) is 6.58 Å². The van der Waals surface area contributed by atoms with Gasteiger partial charge in [0, 0.05) is 17.6 Å². The van der Waals surface area contributed by atoms with Crippen molar-refractivity contribution in [1.29, 1.82) is 0 Å². The van der Waals surface area contributed by atoms with E-state index in [1.54, 1.807) is 6.08 Å². The molecule has 2 aliphatic carbocycles. The summed E-state index contributed by atoms with van der Waals surface area (Å²) in [5, 5.41) is 20.1. The molecule has 2 fully saturated rings. The molecule has 4 nitrogen and oxygen atoms in total. The molecule has 1 aromatic rings. The van der Waals surface area contributed by atoms with Crippen LogP contribution < -0.4 is 0 Å². The molecule has 1 atom stereocenters. The first-order chi connectivity index (χ1) is 13.0. The van der Waals surface area contributed by atoms with Gasteiger partial charge in [-0.3, -0.25) is 4.79 Å². The zero-order valence-electron chi connectivity index (χ0n) is 15.9. The SMILES string of the molecule is C=C[C@]1(O)CC[C@H](N(C(=O)c2ccc([C@](C)(O)C(F)(F)F)cc2)C2CC2)CC1. The molecule has 1 amide bonds. The number of benzene rings is 1. The molecule has 2 saturated carbocycles. The van der Waals surface area contributed by atoms with E-state index in [1.165, 1.54) is 12.1 Å². The monoisotopic (exact) mass is 397 g/mol. The Kier molecular flexibility index (Phi) is 5.36. The van der Waals surface area contributed by atoms with E-state index in [-0.39, 0.29) is 23.6 Å². The third kappa shape index (κ3) is 3.96. The highest BCUT2D eigenvalue weighted by Crippen LogP contribution is 2.40. The lowest BCUT2D eigenvalue weighted by Crippen LogP contribution is -2.46. The van der Waals surface area contributed by atoms with Gasteiger partial charge in [0.05, 0.1) is 5.60 Å². The molecule has 0 spiro atoms. The van der Waals surface area contributed by atoms with Crippen molar-refractivity contribution in [3.63, 3.8) is 0 Å². The van der Waals surface area contributed by atoms with Crippen LogP contribution in [0.2, 0.25) is 0 Å². The van der Waals surface area contributed by atoms with Gasteiger partial charge in [-0.25, -0.2) is 0 Å². The summed E-state index contributed by atoms with van der Waals surface area (Å²) >= 11 is 0. The summed E-state index contributed by atoms with van der Waals surface area (Å²) in [6.07, 6.45) is 0.956. The molecule has 2 aliphatic rings. The molecular weight excluding hydrogens is 371 g/mol. The number of nitrogens with zero attached hydrogens (tertiary/aromatic N) is 1. The lowest BCUT2D eigenvalue weighted by molar-refractivity contribution is -0.258. The van der Waals surface area contributed by atoms with E-state index in [4.69, 9.17) is 0 Å². The summed E-state index contributed by atoms with van der Waals surface area (Å²) < 4.78 is 39.0. The van der Waals surface area contributed by atoms with Gasteiger partial charge in [-0.2, -0.15) is 13.2 Å². The van der Waals surface area contributed by atoms with Gasteiger partial charge < -0.3 is 15.1 Å². The average Bonchev–Trinajstić information content (AvgIpc) is 3.48. The van der Waals surface area contributed by atoms with E-state index in [0.29, 0.717) is 38.2 Å². The Hall–Kier alpha value is -1.86. The zero-order chi connectivity index (χ0) is 20.7. The standard InChI is InChI=1S/C21H26F3NO3/c1-3-20(28)12-10-17(11-13-20)25(16-8-9-16)18(26)14-4-6-15(7-5-14)19(2,27)21(22,23)24/h3-7,16-17,27-28H,1,8-13H2,2H3/t17-,19-,20-/m0/s1. The number of halogens is 3. The summed E-state index contributed by atoms with van der Waals surface area (Å²) in [6, 6.07) is 5.14. The maximum absolute atomic E-state index is 13.1. The van der Waals surface area contributed by atoms with Gasteiger partial charge in [-0.1, -0.05) is 18.2 Å². The van der Waals surface area contributed by atoms with Crippen molar-refractivity contribution in [2.45, 2.75) is 74.9 Å². The molecule has 7 heteroatoms. The van der Waals surface area contributed by atoms with Gasteiger partial charge in [0.2, 0.25) is 0 Å². The van der Waals surface area contributed by atoms with Crippen LogP contribution >= 0.6 is 0 Å². The number of carbonyl (C=O) groups is 1. The van der Waals surface area contributed by atoms with Crippen LogP contribution in [0.3, 0.4) is 0 Å². The Morgan fingerprint density at radius 3 is 2.07 bits per heavy atom. The summed E-state index contributed by atoms with van der Waals surface area (Å²) in [7, 11) is 0. The molecule has 0 aromatic heterocycles. The molecule has 2 N–H and O–H groups in total. The van der Waals surface area contributed by atoms with Crippen molar-refractivity contribution in [3.8, 4) is 0 Å². The second-order valence-corrected chi connectivity index (χ2v) is 8.13. The van der Waals surface area contributed by atoms with E-state index < -0.39 is 17.4 Å². The number of rotatable bonds is 5. The zero-order valence-corrected chi connectivity index (χ0v) is 15.9. The third-order valence-electron chi connectivity index (χ3n) is 6.02. The van der Waals surface area contributed by atoms with Gasteiger partial charge in [-0.05, 0) is 63.1 Å². The van der Waals surface area contributed by atoms with Crippen molar-refractivity contribution in [1.82, 2.24) is 4.90 Å². The molecule has 0 bridgehead atoms. The Morgan fingerprint density at radius 2 is 1.64 bits per heavy atom. The van der Waals surface area contributed by atoms with Crippen LogP contribution in [0.25, 0.3) is 0 Å². The largest absolute Gasteiger partial charge is 0.421 e. The maximum atomic E-state index is 13.1. The van der Waals surface area contributed by atoms with E-state index in [1.807, 2.05) is 4.90 Å². The molecule has 1 aromatic carbocycles. The summed E-state index contributed by atoms with van der Waals surface area (Å²) in [6.45, 7) is 4.37. The summed E-state index contributed by atoms with van der Waals surface area (Å²) in [5.41, 5.74) is -3.86. The van der Waals surface area contributed by atoms with Gasteiger partial charge in [0.1, 0.15) is 0 Å². The van der Waals surface area contributed by atoms with Crippen LogP contribution in [0.15, 0.2) is 36.9 Å². The molecule has 0 unspecified atom stereocenters. The van der Waals surface area contributed by atoms with Crippen LogP contribution in [0.1, 0.15) is 61.4 Å². The third-order valence-corrected chi connectivity index (χ3v) is 6.02. The topological polar surface area (TPSA) is 60.8 Å². The molecule has 3 rings (SSSR count). The van der Waals surface area contributed by atoms with Crippen LogP contribution in [-0.4, -0.2) is 44.9 Å². The first-order valence-electron chi connectivity index (χ1n) is 9.57. The van der Waals surface area contributed by atoms with E-state index in [2.05, 4.69) is 6.58 Å². The Bertz CT molecular complexity index is 730. The first kappa shape index (κ1) is 20.9. The van der Waals surface area contributed by atoms with Crippen molar-refractivity contribution in [2.75, 3.05) is 0 Å². The Labute approximate surface area is 162 Å². The fourth-order valence-corrected chi connectivity index (χ4v) is 3.82. The molecule has 0 radical (unpaired) electrons. The molecule has 0 saturated heterocycles. The average molecular weight is 397 g/mol. The second kappa shape index (κ2) is 7.19. The second-order valence-electron chi connectivity index (χ2n) is 8.13. The highest BCUT2D eigenvalue weighted by atomic mass is 19.4. The normalized spacial score (nSPS) is 27.7. The quantitative estimate of drug-likeness (QED) is 0.741. The lowest BCUT2D eigenvalue weighted by Gasteiger charge is -2.40. The Morgan fingerprint density at radius 1 is 1.14 bits per heavy atom. The van der Waals surface area contributed by atoms with Gasteiger partial charge in [0.25, 0.3) is 5.91 Å². The number of hydrogen-bond donors (Lipinski definition) is 2. The van der Waals surface area contributed by atoms with E-state index in [0.717, 1.165) is 25.0 Å². The van der Waals surface area contributed by atoms with Crippen LogP contribution in [0.5, 0.6) is 0 Å². The van der Waals surface area contributed by atoms with Crippen molar-refractivity contribution >= 4 is 5.91 Å². The first-order valence-corrected chi connectivity index (χ1v) is 9.57. The number of aliphatic hydroxyl groups is 2. The van der Waals surface area contributed by atoms with E-state index in [9.17, 15) is 28.2 Å². The molecule has 28 heavy (non-hydrogen) atoms. The van der Waals surface area contributed by atoms with Crippen LogP contribution in [0, 0.1) is 0 Å². The van der Waals surface area contributed by atoms with Crippen molar-refractivity contribution in [2.24, 2.45) is 0 Å². The highest BCUT2D eigenvalue weighted by molar-refractivity contribution is 5.95. The molecule has 154 valence electrons. The molecule has 0 aliphatic heterocycles. The number of amides is 1. The fourth-order valence-electron chi connectivity index (χ4n) is 3.82. The summed E-state index contributed by atoms with van der Waals surface area (Å²) in [5.74, 6) is -0.213. The number of hydrogen-bond acceptors (Lipinski definition) is 3. The van der Waals surface area contributed by atoms with Gasteiger partial charge >= 0.3 is 6.18 Å². The van der Waals surface area contributed by atoms with Crippen LogP contribution in [-0.2, 0) is 5.60 Å². The smallest absolute Gasteiger partial charge is 0.386 e. The Balaban J connectivity index is 1.77. The van der Waals surface area contributed by atoms with Crippen molar-refractivity contribution < 1.29 is 28.2 Å². The maximum Gasteiger partial charge on any atom is 0.421 e. The fraction of sp³-hybridized carbons (Fsp3) is 0.571. The van der Waals surface area contributed by atoms with Gasteiger partial charge in [0.15, 0.2) is 5.60 Å². The van der Waals surface area contributed by atoms with Crippen molar-refractivity contribution in [3.05, 3.63) is 48.0 Å². The van der Waals surface area contributed by atoms with Crippen LogP contribution in [0.4, 0.5) is 13.2 Å².